The molecule has 0 spiro atoms. The number of benzene rings is 2. The van der Waals surface area contributed by atoms with Gasteiger partial charge in [-0.1, -0.05) is 42.5 Å². The van der Waals surface area contributed by atoms with E-state index in [0.29, 0.717) is 23.0 Å². The number of hydrogen-bond acceptors (Lipinski definition) is 5. The highest BCUT2D eigenvalue weighted by Gasteiger charge is 2.28. The molecule has 0 unspecified atom stereocenters. The smallest absolute Gasteiger partial charge is 0.264 e. The first-order valence-electron chi connectivity index (χ1n) is 9.10. The van der Waals surface area contributed by atoms with Crippen molar-refractivity contribution in [2.24, 2.45) is 0 Å². The van der Waals surface area contributed by atoms with Crippen molar-refractivity contribution in [1.29, 1.82) is 0 Å². The third-order valence-corrected chi connectivity index (χ3v) is 7.27. The van der Waals surface area contributed by atoms with Crippen molar-refractivity contribution < 1.29 is 12.8 Å². The molecule has 0 aliphatic carbocycles. The van der Waals surface area contributed by atoms with Crippen LogP contribution in [0, 0.1) is 13.8 Å². The first-order chi connectivity index (χ1) is 14.0. The van der Waals surface area contributed by atoms with Crippen LogP contribution in [0.15, 0.2) is 81.4 Å². The minimum absolute atomic E-state index is 0.0861. The number of sulfonamides is 1. The molecule has 0 saturated carbocycles. The van der Waals surface area contributed by atoms with E-state index in [1.54, 1.807) is 30.3 Å². The van der Waals surface area contributed by atoms with Crippen LogP contribution in [0.1, 0.15) is 17.0 Å². The molecule has 2 aromatic heterocycles. The zero-order valence-corrected chi connectivity index (χ0v) is 17.7. The van der Waals surface area contributed by atoms with Gasteiger partial charge < -0.3 is 4.42 Å². The van der Waals surface area contributed by atoms with Gasteiger partial charge in [0, 0.05) is 0 Å². The fraction of sp³-hybridized carbons (Fsp3) is 0.136. The summed E-state index contributed by atoms with van der Waals surface area (Å²) in [4.78, 5) is 5.74. The first-order valence-corrected chi connectivity index (χ1v) is 11.4. The van der Waals surface area contributed by atoms with Crippen molar-refractivity contribution in [2.45, 2.75) is 25.3 Å². The molecule has 0 amide bonds. The number of aryl methyl sites for hydroxylation is 2. The predicted molar refractivity (Wildman–Crippen MR) is 116 cm³/mol. The van der Waals surface area contributed by atoms with Gasteiger partial charge in [0.2, 0.25) is 5.89 Å². The number of oxazole rings is 1. The highest BCUT2D eigenvalue weighted by molar-refractivity contribution is 7.92. The summed E-state index contributed by atoms with van der Waals surface area (Å²) in [7, 11) is -3.78. The van der Waals surface area contributed by atoms with E-state index in [9.17, 15) is 8.42 Å². The molecule has 0 aliphatic heterocycles. The zero-order chi connectivity index (χ0) is 20.4. The molecule has 0 bridgehead atoms. The standard InChI is InChI=1S/C22H20N2O3S2/c1-16-9-6-7-12-20(16)24(29(25,26)18-10-4-3-5-11-18)15-19-17(2)27-22(23-19)21-13-8-14-28-21/h3-14H,15H2,1-2H3. The number of thiophene rings is 1. The van der Waals surface area contributed by atoms with Crippen LogP contribution in [0.25, 0.3) is 10.8 Å². The number of nitrogens with zero attached hydrogens (tertiary/aromatic N) is 2. The third kappa shape index (κ3) is 3.83. The molecule has 7 heteroatoms. The van der Waals surface area contributed by atoms with Crippen LogP contribution in [-0.2, 0) is 16.6 Å². The van der Waals surface area contributed by atoms with E-state index < -0.39 is 10.0 Å². The molecule has 2 heterocycles. The minimum Gasteiger partial charge on any atom is -0.440 e. The monoisotopic (exact) mass is 424 g/mol. The van der Waals surface area contributed by atoms with Crippen LogP contribution < -0.4 is 4.31 Å². The van der Waals surface area contributed by atoms with Crippen LogP contribution in [0.3, 0.4) is 0 Å². The fourth-order valence-electron chi connectivity index (χ4n) is 3.08. The Hall–Kier alpha value is -2.90. The van der Waals surface area contributed by atoms with Crippen LogP contribution in [0.2, 0.25) is 0 Å². The minimum atomic E-state index is -3.78. The molecule has 0 aliphatic rings. The second-order valence-corrected chi connectivity index (χ2v) is 9.42. The number of rotatable bonds is 6. The second kappa shape index (κ2) is 7.85. The molecule has 4 aromatic rings. The summed E-state index contributed by atoms with van der Waals surface area (Å²) in [5.74, 6) is 1.12. The van der Waals surface area contributed by atoms with Gasteiger partial charge in [0.25, 0.3) is 10.0 Å². The highest BCUT2D eigenvalue weighted by Crippen LogP contribution is 2.31. The highest BCUT2D eigenvalue weighted by atomic mass is 32.2. The molecule has 2 aromatic carbocycles. The van der Waals surface area contributed by atoms with Crippen LogP contribution >= 0.6 is 11.3 Å². The van der Waals surface area contributed by atoms with Crippen molar-refractivity contribution >= 4 is 27.0 Å². The molecular formula is C22H20N2O3S2. The van der Waals surface area contributed by atoms with E-state index in [1.165, 1.54) is 15.6 Å². The molecule has 5 nitrogen and oxygen atoms in total. The first kappa shape index (κ1) is 19.4. The van der Waals surface area contributed by atoms with Crippen LogP contribution in [0.5, 0.6) is 0 Å². The molecule has 148 valence electrons. The maximum absolute atomic E-state index is 13.5. The molecule has 0 radical (unpaired) electrons. The van der Waals surface area contributed by atoms with Gasteiger partial charge in [-0.15, -0.1) is 11.3 Å². The van der Waals surface area contributed by atoms with E-state index in [1.807, 2.05) is 55.6 Å². The van der Waals surface area contributed by atoms with Crippen molar-refractivity contribution in [1.82, 2.24) is 4.98 Å². The van der Waals surface area contributed by atoms with E-state index >= 15 is 0 Å². The Labute approximate surface area is 174 Å². The van der Waals surface area contributed by atoms with Crippen LogP contribution in [0.4, 0.5) is 5.69 Å². The van der Waals surface area contributed by atoms with Crippen molar-refractivity contribution in [2.75, 3.05) is 4.31 Å². The second-order valence-electron chi connectivity index (χ2n) is 6.61. The Morgan fingerprint density at radius 1 is 0.966 bits per heavy atom. The Morgan fingerprint density at radius 2 is 1.69 bits per heavy atom. The molecule has 4 rings (SSSR count). The summed E-state index contributed by atoms with van der Waals surface area (Å²) in [6.45, 7) is 3.79. The van der Waals surface area contributed by atoms with Crippen molar-refractivity contribution in [3.63, 3.8) is 0 Å². The average molecular weight is 425 g/mol. The lowest BCUT2D eigenvalue weighted by Gasteiger charge is -2.25. The van der Waals surface area contributed by atoms with Gasteiger partial charge in [0.15, 0.2) is 0 Å². The number of aromatic nitrogens is 1. The molecule has 0 saturated heterocycles. The lowest BCUT2D eigenvalue weighted by Crippen LogP contribution is -2.31. The predicted octanol–water partition coefficient (Wildman–Crippen LogP) is 5.42. The van der Waals surface area contributed by atoms with Gasteiger partial charge >= 0.3 is 0 Å². The van der Waals surface area contributed by atoms with Crippen molar-refractivity contribution in [3.8, 4) is 10.8 Å². The maximum Gasteiger partial charge on any atom is 0.264 e. The molecule has 0 N–H and O–H groups in total. The third-order valence-electron chi connectivity index (χ3n) is 4.63. The molecule has 0 fully saturated rings. The van der Waals surface area contributed by atoms with Gasteiger partial charge in [0.05, 0.1) is 22.0 Å². The Morgan fingerprint density at radius 3 is 2.38 bits per heavy atom. The van der Waals surface area contributed by atoms with Gasteiger partial charge in [-0.3, -0.25) is 4.31 Å². The number of hydrogen-bond donors (Lipinski definition) is 0. The summed E-state index contributed by atoms with van der Waals surface area (Å²) in [6, 6.07) is 19.7. The van der Waals surface area contributed by atoms with E-state index in [4.69, 9.17) is 4.42 Å². The average Bonchev–Trinajstić information content (AvgIpc) is 3.37. The van der Waals surface area contributed by atoms with E-state index in [2.05, 4.69) is 4.98 Å². The van der Waals surface area contributed by atoms with E-state index in [0.717, 1.165) is 10.4 Å². The summed E-state index contributed by atoms with van der Waals surface area (Å²) in [6.07, 6.45) is 0. The van der Waals surface area contributed by atoms with E-state index in [-0.39, 0.29) is 11.4 Å². The van der Waals surface area contributed by atoms with Gasteiger partial charge in [-0.25, -0.2) is 13.4 Å². The van der Waals surface area contributed by atoms with Crippen molar-refractivity contribution in [3.05, 3.63) is 89.1 Å². The summed E-state index contributed by atoms with van der Waals surface area (Å²) in [5, 5.41) is 1.95. The normalized spacial score (nSPS) is 11.5. The molecule has 0 atom stereocenters. The summed E-state index contributed by atoms with van der Waals surface area (Å²) >= 11 is 1.53. The van der Waals surface area contributed by atoms with Gasteiger partial charge in [-0.2, -0.15) is 0 Å². The topological polar surface area (TPSA) is 63.4 Å². The molecular weight excluding hydrogens is 404 g/mol. The largest absolute Gasteiger partial charge is 0.440 e. The van der Waals surface area contributed by atoms with Gasteiger partial charge in [-0.05, 0) is 49.1 Å². The maximum atomic E-state index is 13.5. The Balaban J connectivity index is 1.79. The molecule has 29 heavy (non-hydrogen) atoms. The Kier molecular flexibility index (Phi) is 5.25. The summed E-state index contributed by atoms with van der Waals surface area (Å²) in [5.41, 5.74) is 2.08. The fourth-order valence-corrected chi connectivity index (χ4v) is 5.24. The van der Waals surface area contributed by atoms with Gasteiger partial charge in [0.1, 0.15) is 11.5 Å². The lowest BCUT2D eigenvalue weighted by atomic mass is 10.2. The SMILES string of the molecule is Cc1ccccc1N(Cc1nc(-c2cccs2)oc1C)S(=O)(=O)c1ccccc1. The quantitative estimate of drug-likeness (QED) is 0.415. The Bertz CT molecular complexity index is 1210. The lowest BCUT2D eigenvalue weighted by molar-refractivity contribution is 0.540. The van der Waals surface area contributed by atoms with Crippen LogP contribution in [-0.4, -0.2) is 13.4 Å². The summed E-state index contributed by atoms with van der Waals surface area (Å²) < 4.78 is 34.2. The number of para-hydroxylation sites is 1. The zero-order valence-electron chi connectivity index (χ0n) is 16.1. The number of anilines is 1.